The number of rotatable bonds is 5. The topological polar surface area (TPSA) is 63.4 Å². The number of nitrogen functional groups attached to an aromatic ring is 1. The van der Waals surface area contributed by atoms with Crippen LogP contribution in [0.25, 0.3) is 0 Å². The fourth-order valence-electron chi connectivity index (χ4n) is 1.51. The van der Waals surface area contributed by atoms with E-state index in [-0.39, 0.29) is 23.7 Å². The van der Waals surface area contributed by atoms with Crippen LogP contribution in [0.4, 0.5) is 10.1 Å². The number of hydrogen-bond donors (Lipinski definition) is 1. The number of benzene rings is 1. The predicted molar refractivity (Wildman–Crippen MR) is 68.7 cm³/mol. The number of nitrogens with zero attached hydrogens (tertiary/aromatic N) is 1. The monoisotopic (exact) mass is 270 g/mol. The lowest BCUT2D eigenvalue weighted by Gasteiger charge is -2.20. The Hall–Kier alpha value is -1.58. The molecule has 0 atom stereocenters. The number of halogens is 1. The molecule has 18 heavy (non-hydrogen) atoms. The fraction of sp³-hybridized carbons (Fsp3) is 0.333. The summed E-state index contributed by atoms with van der Waals surface area (Å²) in [5, 5.41) is 0. The van der Waals surface area contributed by atoms with Crippen molar-refractivity contribution >= 4 is 15.7 Å². The molecule has 0 amide bonds. The minimum atomic E-state index is -3.85. The molecule has 0 aliphatic carbocycles. The highest BCUT2D eigenvalue weighted by molar-refractivity contribution is 7.89. The molecule has 6 heteroatoms. The summed E-state index contributed by atoms with van der Waals surface area (Å²) in [6.07, 6.45) is 5.75. The molecule has 98 valence electrons. The standard InChI is InChI=1S/C12H15FN2O2S/c1-3-7-15(8-4-2)18(16,17)12-9-10(13)5-6-11(12)14/h1,5-6,9H,4,7-8,14H2,2H3. The normalized spacial score (nSPS) is 11.4. The zero-order chi connectivity index (χ0) is 13.8. The van der Waals surface area contributed by atoms with E-state index in [9.17, 15) is 12.8 Å². The van der Waals surface area contributed by atoms with Crippen molar-refractivity contribution in [3.05, 3.63) is 24.0 Å². The zero-order valence-corrected chi connectivity index (χ0v) is 10.9. The van der Waals surface area contributed by atoms with Crippen molar-refractivity contribution in [3.63, 3.8) is 0 Å². The first kappa shape index (κ1) is 14.5. The van der Waals surface area contributed by atoms with Crippen molar-refractivity contribution in [2.75, 3.05) is 18.8 Å². The van der Waals surface area contributed by atoms with Crippen LogP contribution in [0.2, 0.25) is 0 Å². The van der Waals surface area contributed by atoms with Crippen LogP contribution in [-0.2, 0) is 10.0 Å². The molecule has 0 saturated heterocycles. The lowest BCUT2D eigenvalue weighted by Crippen LogP contribution is -2.32. The highest BCUT2D eigenvalue weighted by Gasteiger charge is 2.25. The first-order valence-electron chi connectivity index (χ1n) is 5.42. The second-order valence-electron chi connectivity index (χ2n) is 3.72. The second-order valence-corrected chi connectivity index (χ2v) is 5.63. The third-order valence-corrected chi connectivity index (χ3v) is 4.23. The Bertz CT molecular complexity index is 564. The summed E-state index contributed by atoms with van der Waals surface area (Å²) >= 11 is 0. The third-order valence-electron chi connectivity index (χ3n) is 2.33. The SMILES string of the molecule is C#CCN(CCC)S(=O)(=O)c1cc(F)ccc1N. The van der Waals surface area contributed by atoms with E-state index < -0.39 is 15.8 Å². The molecular formula is C12H15FN2O2S. The molecule has 0 fully saturated rings. The molecule has 1 rings (SSSR count). The van der Waals surface area contributed by atoms with E-state index in [1.807, 2.05) is 6.92 Å². The highest BCUT2D eigenvalue weighted by atomic mass is 32.2. The van der Waals surface area contributed by atoms with Gasteiger partial charge in [0.1, 0.15) is 10.7 Å². The van der Waals surface area contributed by atoms with Crippen molar-refractivity contribution in [2.45, 2.75) is 18.2 Å². The quantitative estimate of drug-likeness (QED) is 0.650. The molecule has 0 spiro atoms. The molecule has 0 heterocycles. The van der Waals surface area contributed by atoms with Gasteiger partial charge in [0.05, 0.1) is 12.2 Å². The van der Waals surface area contributed by atoms with Gasteiger partial charge >= 0.3 is 0 Å². The van der Waals surface area contributed by atoms with Crippen LogP contribution in [0.15, 0.2) is 23.1 Å². The van der Waals surface area contributed by atoms with Gasteiger partial charge in [-0.15, -0.1) is 6.42 Å². The van der Waals surface area contributed by atoms with E-state index in [1.165, 1.54) is 6.07 Å². The zero-order valence-electron chi connectivity index (χ0n) is 10.1. The van der Waals surface area contributed by atoms with E-state index in [0.29, 0.717) is 6.42 Å². The average molecular weight is 270 g/mol. The van der Waals surface area contributed by atoms with Crippen LogP contribution >= 0.6 is 0 Å². The molecule has 0 aromatic heterocycles. The molecule has 0 saturated carbocycles. The third kappa shape index (κ3) is 3.00. The number of terminal acetylenes is 1. The van der Waals surface area contributed by atoms with Gasteiger partial charge in [0, 0.05) is 6.54 Å². The van der Waals surface area contributed by atoms with Crippen LogP contribution in [0.1, 0.15) is 13.3 Å². The Morgan fingerprint density at radius 2 is 2.17 bits per heavy atom. The summed E-state index contributed by atoms with van der Waals surface area (Å²) < 4.78 is 38.8. The minimum Gasteiger partial charge on any atom is -0.398 e. The van der Waals surface area contributed by atoms with Crippen molar-refractivity contribution in [3.8, 4) is 12.3 Å². The van der Waals surface area contributed by atoms with Crippen molar-refractivity contribution in [2.24, 2.45) is 0 Å². The fourth-order valence-corrected chi connectivity index (χ4v) is 3.08. The van der Waals surface area contributed by atoms with Gasteiger partial charge in [0.2, 0.25) is 10.0 Å². The number of anilines is 1. The maximum Gasteiger partial charge on any atom is 0.246 e. The molecule has 4 nitrogen and oxygen atoms in total. The van der Waals surface area contributed by atoms with E-state index in [4.69, 9.17) is 12.2 Å². The van der Waals surface area contributed by atoms with Gasteiger partial charge in [-0.05, 0) is 24.6 Å². The summed E-state index contributed by atoms with van der Waals surface area (Å²) in [6, 6.07) is 3.24. The Balaban J connectivity index is 3.26. The van der Waals surface area contributed by atoms with Gasteiger partial charge in [0.25, 0.3) is 0 Å². The maximum atomic E-state index is 13.1. The molecule has 0 aliphatic heterocycles. The predicted octanol–water partition coefficient (Wildman–Crippen LogP) is 1.44. The Morgan fingerprint density at radius 3 is 2.72 bits per heavy atom. The molecule has 1 aromatic rings. The van der Waals surface area contributed by atoms with Crippen LogP contribution in [0, 0.1) is 18.2 Å². The first-order chi connectivity index (χ1) is 8.43. The van der Waals surface area contributed by atoms with Crippen LogP contribution in [0.3, 0.4) is 0 Å². The second kappa shape index (κ2) is 5.85. The number of nitrogens with two attached hydrogens (primary N) is 1. The number of hydrogen-bond acceptors (Lipinski definition) is 3. The highest BCUT2D eigenvalue weighted by Crippen LogP contribution is 2.23. The Labute approximate surface area is 107 Å². The molecular weight excluding hydrogens is 255 g/mol. The molecule has 0 aliphatic rings. The Morgan fingerprint density at radius 1 is 1.50 bits per heavy atom. The minimum absolute atomic E-state index is 0.00882. The van der Waals surface area contributed by atoms with Gasteiger partial charge in [-0.2, -0.15) is 4.31 Å². The van der Waals surface area contributed by atoms with Crippen molar-refractivity contribution < 1.29 is 12.8 Å². The van der Waals surface area contributed by atoms with E-state index in [2.05, 4.69) is 5.92 Å². The molecule has 0 unspecified atom stereocenters. The van der Waals surface area contributed by atoms with Crippen LogP contribution < -0.4 is 5.73 Å². The summed E-state index contributed by atoms with van der Waals surface area (Å²) in [4.78, 5) is -0.244. The largest absolute Gasteiger partial charge is 0.398 e. The van der Waals surface area contributed by atoms with Crippen molar-refractivity contribution in [1.29, 1.82) is 0 Å². The van der Waals surface area contributed by atoms with Crippen LogP contribution in [0.5, 0.6) is 0 Å². The summed E-state index contributed by atoms with van der Waals surface area (Å²) in [7, 11) is -3.85. The van der Waals surface area contributed by atoms with Gasteiger partial charge in [0.15, 0.2) is 0 Å². The lowest BCUT2D eigenvalue weighted by atomic mass is 10.3. The average Bonchev–Trinajstić information content (AvgIpc) is 2.32. The first-order valence-corrected chi connectivity index (χ1v) is 6.86. The van der Waals surface area contributed by atoms with E-state index in [0.717, 1.165) is 16.4 Å². The smallest absolute Gasteiger partial charge is 0.246 e. The maximum absolute atomic E-state index is 13.1. The summed E-state index contributed by atoms with van der Waals surface area (Å²) in [6.45, 7) is 2.03. The van der Waals surface area contributed by atoms with Gasteiger partial charge in [-0.25, -0.2) is 12.8 Å². The van der Waals surface area contributed by atoms with Crippen LogP contribution in [-0.4, -0.2) is 25.8 Å². The summed E-state index contributed by atoms with van der Waals surface area (Å²) in [5.74, 6) is 1.62. The molecule has 0 bridgehead atoms. The van der Waals surface area contributed by atoms with E-state index in [1.54, 1.807) is 0 Å². The Kier molecular flexibility index (Phi) is 4.70. The lowest BCUT2D eigenvalue weighted by molar-refractivity contribution is 0.445. The molecule has 0 radical (unpaired) electrons. The number of sulfonamides is 1. The molecule has 2 N–H and O–H groups in total. The van der Waals surface area contributed by atoms with Gasteiger partial charge < -0.3 is 5.73 Å². The van der Waals surface area contributed by atoms with Crippen molar-refractivity contribution in [1.82, 2.24) is 4.31 Å². The van der Waals surface area contributed by atoms with Gasteiger partial charge in [-0.3, -0.25) is 0 Å². The van der Waals surface area contributed by atoms with E-state index >= 15 is 0 Å². The summed E-state index contributed by atoms with van der Waals surface area (Å²) in [5.41, 5.74) is 5.59. The molecule has 1 aromatic carbocycles. The van der Waals surface area contributed by atoms with Gasteiger partial charge in [-0.1, -0.05) is 12.8 Å².